The molecule has 9 nitrogen and oxygen atoms in total. The predicted octanol–water partition coefficient (Wildman–Crippen LogP) is 4.15. The zero-order valence-electron chi connectivity index (χ0n) is 23.6. The standard InChI is InChI=1S/C30H37N3O6S/c1-6-28(30(35)31-7-2)32(20-23-9-8-10-26(19-23)39-5)29(34)21-33(24-13-11-22(3)12-14-24)40(36,37)27-17-15-25(38-4)16-18-27/h8-19,28H,6-7,20-21H2,1-5H3,(H,31,35)/t28-/m1/s1. The molecule has 3 aromatic carbocycles. The van der Waals surface area contributed by atoms with Crippen LogP contribution in [0.1, 0.15) is 31.4 Å². The number of rotatable bonds is 13. The Morgan fingerprint density at radius 1 is 0.900 bits per heavy atom. The lowest BCUT2D eigenvalue weighted by atomic mass is 10.1. The summed E-state index contributed by atoms with van der Waals surface area (Å²) >= 11 is 0. The third-order valence-corrected chi connectivity index (χ3v) is 8.26. The predicted molar refractivity (Wildman–Crippen MR) is 155 cm³/mol. The number of likely N-dealkylation sites (N-methyl/N-ethyl adjacent to an activating group) is 1. The Morgan fingerprint density at radius 3 is 2.12 bits per heavy atom. The van der Waals surface area contributed by atoms with E-state index in [0.717, 1.165) is 15.4 Å². The SMILES string of the molecule is CCNC(=O)[C@@H](CC)N(Cc1cccc(OC)c1)C(=O)CN(c1ccc(C)cc1)S(=O)(=O)c1ccc(OC)cc1. The van der Waals surface area contributed by atoms with E-state index in [9.17, 15) is 18.0 Å². The van der Waals surface area contributed by atoms with Crippen LogP contribution in [-0.2, 0) is 26.2 Å². The van der Waals surface area contributed by atoms with Crippen LogP contribution in [0.2, 0.25) is 0 Å². The number of nitrogens with zero attached hydrogens (tertiary/aromatic N) is 2. The van der Waals surface area contributed by atoms with Crippen LogP contribution >= 0.6 is 0 Å². The molecule has 0 aliphatic rings. The number of sulfonamides is 1. The third kappa shape index (κ3) is 7.32. The van der Waals surface area contributed by atoms with Gasteiger partial charge in [-0.15, -0.1) is 0 Å². The molecular weight excluding hydrogens is 530 g/mol. The summed E-state index contributed by atoms with van der Waals surface area (Å²) in [5.41, 5.74) is 2.02. The Morgan fingerprint density at radius 2 is 1.55 bits per heavy atom. The maximum Gasteiger partial charge on any atom is 0.264 e. The van der Waals surface area contributed by atoms with Gasteiger partial charge in [-0.2, -0.15) is 0 Å². The second-order valence-corrected chi connectivity index (χ2v) is 11.1. The van der Waals surface area contributed by atoms with Gasteiger partial charge in [-0.3, -0.25) is 13.9 Å². The number of methoxy groups -OCH3 is 2. The van der Waals surface area contributed by atoms with Crippen LogP contribution in [-0.4, -0.2) is 58.5 Å². The average Bonchev–Trinajstić information content (AvgIpc) is 2.96. The molecule has 0 heterocycles. The number of carbonyl (C=O) groups excluding carboxylic acids is 2. The van der Waals surface area contributed by atoms with Gasteiger partial charge in [0.15, 0.2) is 0 Å². The minimum absolute atomic E-state index is 0.0109. The van der Waals surface area contributed by atoms with Crippen LogP contribution in [0, 0.1) is 6.92 Å². The van der Waals surface area contributed by atoms with Gasteiger partial charge in [0, 0.05) is 13.1 Å². The largest absolute Gasteiger partial charge is 0.497 e. The molecule has 214 valence electrons. The van der Waals surface area contributed by atoms with Gasteiger partial charge in [0.05, 0.1) is 24.8 Å². The van der Waals surface area contributed by atoms with Crippen molar-refractivity contribution in [3.63, 3.8) is 0 Å². The summed E-state index contributed by atoms with van der Waals surface area (Å²) in [5, 5.41) is 2.80. The van der Waals surface area contributed by atoms with Crippen molar-refractivity contribution in [3.05, 3.63) is 83.9 Å². The van der Waals surface area contributed by atoms with Crippen molar-refractivity contribution in [1.29, 1.82) is 0 Å². The molecule has 3 rings (SSSR count). The molecule has 0 aromatic heterocycles. The molecule has 0 saturated heterocycles. The highest BCUT2D eigenvalue weighted by molar-refractivity contribution is 7.92. The fraction of sp³-hybridized carbons (Fsp3) is 0.333. The number of ether oxygens (including phenoxy) is 2. The van der Waals surface area contributed by atoms with Crippen molar-refractivity contribution in [3.8, 4) is 11.5 Å². The van der Waals surface area contributed by atoms with E-state index in [1.165, 1.54) is 24.1 Å². The van der Waals surface area contributed by atoms with Gasteiger partial charge in [-0.1, -0.05) is 36.8 Å². The maximum absolute atomic E-state index is 14.0. The highest BCUT2D eigenvalue weighted by Crippen LogP contribution is 2.27. The molecule has 0 fully saturated rings. The Balaban J connectivity index is 2.06. The number of benzene rings is 3. The molecule has 0 aliphatic heterocycles. The van der Waals surface area contributed by atoms with Gasteiger partial charge in [0.2, 0.25) is 11.8 Å². The Labute approximate surface area is 236 Å². The van der Waals surface area contributed by atoms with Crippen LogP contribution in [0.5, 0.6) is 11.5 Å². The number of carbonyl (C=O) groups is 2. The van der Waals surface area contributed by atoms with Crippen molar-refractivity contribution in [1.82, 2.24) is 10.2 Å². The monoisotopic (exact) mass is 567 g/mol. The molecule has 1 atom stereocenters. The molecule has 40 heavy (non-hydrogen) atoms. The second-order valence-electron chi connectivity index (χ2n) is 9.21. The first-order valence-corrected chi connectivity index (χ1v) is 14.5. The van der Waals surface area contributed by atoms with Crippen molar-refractivity contribution in [2.75, 3.05) is 31.6 Å². The molecule has 0 bridgehead atoms. The first kappa shape index (κ1) is 30.5. The molecule has 10 heteroatoms. The van der Waals surface area contributed by atoms with Crippen molar-refractivity contribution in [2.45, 2.75) is 44.7 Å². The molecule has 0 spiro atoms. The Hall–Kier alpha value is -4.05. The molecular formula is C30H37N3O6S. The van der Waals surface area contributed by atoms with Gasteiger partial charge in [-0.25, -0.2) is 8.42 Å². The lowest BCUT2D eigenvalue weighted by molar-refractivity contribution is -0.140. The Bertz CT molecular complexity index is 1390. The van der Waals surface area contributed by atoms with E-state index in [1.807, 2.05) is 19.9 Å². The molecule has 0 saturated carbocycles. The number of amides is 2. The summed E-state index contributed by atoms with van der Waals surface area (Å²) in [5.74, 6) is 0.299. The van der Waals surface area contributed by atoms with E-state index < -0.39 is 28.5 Å². The maximum atomic E-state index is 14.0. The average molecular weight is 568 g/mol. The first-order valence-electron chi connectivity index (χ1n) is 13.1. The minimum atomic E-state index is -4.16. The van der Waals surface area contributed by atoms with E-state index >= 15 is 0 Å². The molecule has 1 N–H and O–H groups in total. The lowest BCUT2D eigenvalue weighted by Crippen LogP contribution is -2.52. The molecule has 0 aliphatic carbocycles. The van der Waals surface area contributed by atoms with Gasteiger partial charge < -0.3 is 19.7 Å². The van der Waals surface area contributed by atoms with Gasteiger partial charge in [0.25, 0.3) is 10.0 Å². The van der Waals surface area contributed by atoms with Crippen molar-refractivity contribution >= 4 is 27.5 Å². The summed E-state index contributed by atoms with van der Waals surface area (Å²) in [6.45, 7) is 5.51. The summed E-state index contributed by atoms with van der Waals surface area (Å²) in [4.78, 5) is 28.5. The van der Waals surface area contributed by atoms with Gasteiger partial charge in [-0.05, 0) is 74.4 Å². The number of hydrogen-bond acceptors (Lipinski definition) is 6. The molecule has 0 unspecified atom stereocenters. The van der Waals surface area contributed by atoms with Gasteiger partial charge in [0.1, 0.15) is 24.1 Å². The molecule has 3 aromatic rings. The van der Waals surface area contributed by atoms with Crippen molar-refractivity contribution < 1.29 is 27.5 Å². The van der Waals surface area contributed by atoms with Gasteiger partial charge >= 0.3 is 0 Å². The van der Waals surface area contributed by atoms with E-state index in [0.29, 0.717) is 30.2 Å². The van der Waals surface area contributed by atoms with E-state index in [1.54, 1.807) is 68.6 Å². The second kappa shape index (κ2) is 13.8. The van der Waals surface area contributed by atoms with Crippen LogP contribution in [0.25, 0.3) is 0 Å². The van der Waals surface area contributed by atoms with Crippen LogP contribution in [0.3, 0.4) is 0 Å². The lowest BCUT2D eigenvalue weighted by Gasteiger charge is -2.33. The van der Waals surface area contributed by atoms with E-state index in [4.69, 9.17) is 9.47 Å². The fourth-order valence-electron chi connectivity index (χ4n) is 4.29. The summed E-state index contributed by atoms with van der Waals surface area (Å²) in [6.07, 6.45) is 0.345. The zero-order valence-corrected chi connectivity index (χ0v) is 24.4. The summed E-state index contributed by atoms with van der Waals surface area (Å²) < 4.78 is 39.4. The highest BCUT2D eigenvalue weighted by atomic mass is 32.2. The summed E-state index contributed by atoms with van der Waals surface area (Å²) in [6, 6.07) is 19.3. The topological polar surface area (TPSA) is 105 Å². The fourth-order valence-corrected chi connectivity index (χ4v) is 5.71. The normalized spacial score (nSPS) is 11.8. The zero-order chi connectivity index (χ0) is 29.3. The first-order chi connectivity index (χ1) is 19.1. The number of aryl methyl sites for hydroxylation is 1. The van der Waals surface area contributed by atoms with E-state index in [-0.39, 0.29) is 17.3 Å². The van der Waals surface area contributed by atoms with E-state index in [2.05, 4.69) is 5.32 Å². The minimum Gasteiger partial charge on any atom is -0.497 e. The quantitative estimate of drug-likeness (QED) is 0.333. The third-order valence-electron chi connectivity index (χ3n) is 6.47. The van der Waals surface area contributed by atoms with Crippen molar-refractivity contribution in [2.24, 2.45) is 0 Å². The van der Waals surface area contributed by atoms with Crippen LogP contribution in [0.15, 0.2) is 77.7 Å². The number of hydrogen-bond donors (Lipinski definition) is 1. The molecule has 2 amide bonds. The smallest absolute Gasteiger partial charge is 0.264 e. The highest BCUT2D eigenvalue weighted by Gasteiger charge is 2.33. The molecule has 0 radical (unpaired) electrons. The van der Waals surface area contributed by atoms with Crippen LogP contribution in [0.4, 0.5) is 5.69 Å². The summed E-state index contributed by atoms with van der Waals surface area (Å²) in [7, 11) is -1.11. The number of nitrogens with one attached hydrogen (secondary N) is 1. The number of anilines is 1. The van der Waals surface area contributed by atoms with Crippen LogP contribution < -0.4 is 19.1 Å². The Kier molecular flexibility index (Phi) is 10.6.